The number of anilines is 1. The number of likely N-dealkylation sites (N-methyl/N-ethyl adjacent to an activating group) is 1. The molecule has 2 saturated carbocycles. The van der Waals surface area contributed by atoms with Gasteiger partial charge in [0.2, 0.25) is 0 Å². The summed E-state index contributed by atoms with van der Waals surface area (Å²) in [6.45, 7) is 5.52. The maximum atomic E-state index is 13.9. The molecule has 2 saturated heterocycles. The van der Waals surface area contributed by atoms with Crippen LogP contribution in [-0.2, 0) is 11.2 Å². The van der Waals surface area contributed by atoms with Crippen LogP contribution in [0.25, 0.3) is 22.0 Å². The van der Waals surface area contributed by atoms with Gasteiger partial charge in [-0.15, -0.1) is 0 Å². The van der Waals surface area contributed by atoms with Crippen molar-refractivity contribution in [1.82, 2.24) is 19.8 Å². The smallest absolute Gasteiger partial charge is 0.319 e. The molecular weight excluding hydrogens is 619 g/mol. The number of hydrogen-bond donors (Lipinski definition) is 0. The molecule has 244 valence electrons. The lowest BCUT2D eigenvalue weighted by atomic mass is 9.93. The Morgan fingerprint density at radius 1 is 1.19 bits per heavy atom. The monoisotopic (exact) mass is 656 g/mol. The first-order chi connectivity index (χ1) is 22.8. The van der Waals surface area contributed by atoms with E-state index in [1.165, 1.54) is 22.4 Å². The number of nitrogens with zero attached hydrogens (tertiary/aromatic N) is 6. The fourth-order valence-electron chi connectivity index (χ4n) is 7.84. The summed E-state index contributed by atoms with van der Waals surface area (Å²) < 4.78 is 27.0. The van der Waals surface area contributed by atoms with Gasteiger partial charge in [0, 0.05) is 36.6 Å². The molecule has 47 heavy (non-hydrogen) atoms. The fraction of sp³-hybridized carbons (Fsp3) is 0.500. The largest absolute Gasteiger partial charge is 0.487 e. The van der Waals surface area contributed by atoms with Crippen molar-refractivity contribution in [1.29, 1.82) is 5.26 Å². The molecule has 11 heteroatoms. The van der Waals surface area contributed by atoms with E-state index in [9.17, 15) is 14.4 Å². The number of fused-ring (bicyclic) bond motifs is 4. The van der Waals surface area contributed by atoms with Crippen molar-refractivity contribution in [3.63, 3.8) is 0 Å². The van der Waals surface area contributed by atoms with Gasteiger partial charge in [0.05, 0.1) is 29.7 Å². The van der Waals surface area contributed by atoms with Gasteiger partial charge in [0.15, 0.2) is 11.6 Å². The van der Waals surface area contributed by atoms with E-state index in [1.54, 1.807) is 0 Å². The molecule has 3 aromatic rings. The minimum atomic E-state index is -1.03. The van der Waals surface area contributed by atoms with Gasteiger partial charge in [-0.25, -0.2) is 4.39 Å². The molecule has 2 aliphatic heterocycles. The highest BCUT2D eigenvalue weighted by atomic mass is 35.5. The van der Waals surface area contributed by atoms with Crippen molar-refractivity contribution in [3.8, 4) is 29.0 Å². The van der Waals surface area contributed by atoms with Crippen molar-refractivity contribution in [2.75, 3.05) is 44.7 Å². The number of aromatic nitrogens is 2. The summed E-state index contributed by atoms with van der Waals surface area (Å²) in [5.41, 5.74) is 5.35. The van der Waals surface area contributed by atoms with Crippen LogP contribution in [0.5, 0.6) is 11.8 Å². The predicted molar refractivity (Wildman–Crippen MR) is 178 cm³/mol. The van der Waals surface area contributed by atoms with E-state index in [0.717, 1.165) is 49.8 Å². The third-order valence-electron chi connectivity index (χ3n) is 10.6. The summed E-state index contributed by atoms with van der Waals surface area (Å²) in [5.74, 6) is 0.762. The summed E-state index contributed by atoms with van der Waals surface area (Å²) in [5, 5.41) is 10.9. The van der Waals surface area contributed by atoms with Crippen molar-refractivity contribution < 1.29 is 18.7 Å². The lowest BCUT2D eigenvalue weighted by Gasteiger charge is -2.41. The maximum absolute atomic E-state index is 13.9. The second-order valence-corrected chi connectivity index (χ2v) is 14.1. The molecule has 1 amide bonds. The molecule has 0 N–H and O–H groups in total. The zero-order valence-electron chi connectivity index (χ0n) is 26.6. The molecule has 4 fully saturated rings. The molecule has 4 atom stereocenters. The number of likely N-dealkylation sites (tertiary alicyclic amines) is 1. The molecule has 1 aromatic heterocycles. The average molecular weight is 657 g/mol. The number of rotatable bonds is 9. The number of ether oxygens (including phenoxy) is 2. The number of benzene rings is 2. The second kappa shape index (κ2) is 11.9. The number of carbonyl (C=O) groups excluding carboxylic acids is 1. The number of piperazine rings is 1. The molecule has 0 unspecified atom stereocenters. The normalized spacial score (nSPS) is 25.0. The van der Waals surface area contributed by atoms with Crippen LogP contribution in [-0.4, -0.2) is 83.7 Å². The minimum absolute atomic E-state index is 0.0396. The van der Waals surface area contributed by atoms with Crippen molar-refractivity contribution >= 4 is 34.2 Å². The third kappa shape index (κ3) is 5.57. The van der Waals surface area contributed by atoms with E-state index in [4.69, 9.17) is 31.0 Å². The van der Waals surface area contributed by atoms with Gasteiger partial charge in [0.1, 0.15) is 17.9 Å². The second-order valence-electron chi connectivity index (χ2n) is 13.7. The van der Waals surface area contributed by atoms with Crippen LogP contribution in [0.15, 0.2) is 36.7 Å². The molecule has 0 radical (unpaired) electrons. The fourth-order valence-corrected chi connectivity index (χ4v) is 8.13. The summed E-state index contributed by atoms with van der Waals surface area (Å²) in [4.78, 5) is 28.3. The van der Waals surface area contributed by atoms with Crippen molar-refractivity contribution in [2.24, 2.45) is 5.92 Å². The van der Waals surface area contributed by atoms with Gasteiger partial charge in [-0.05, 0) is 86.7 Å². The lowest BCUT2D eigenvalue weighted by Crippen LogP contribution is -2.55. The molecule has 3 heterocycles. The topological polar surface area (TPSA) is 94.8 Å². The quantitative estimate of drug-likeness (QED) is 0.258. The van der Waals surface area contributed by atoms with Gasteiger partial charge in [-0.2, -0.15) is 15.2 Å². The molecule has 0 spiro atoms. The first kappa shape index (κ1) is 30.4. The number of amides is 1. The van der Waals surface area contributed by atoms with E-state index in [2.05, 4.69) is 42.8 Å². The highest BCUT2D eigenvalue weighted by molar-refractivity contribution is 6.35. The average Bonchev–Trinajstić information content (AvgIpc) is 3.97. The molecule has 5 aliphatic rings. The zero-order valence-corrected chi connectivity index (χ0v) is 27.3. The third-order valence-corrected chi connectivity index (χ3v) is 10.9. The molecule has 8 rings (SSSR count). The van der Waals surface area contributed by atoms with Crippen LogP contribution in [0.3, 0.4) is 0 Å². The van der Waals surface area contributed by atoms with E-state index >= 15 is 0 Å². The van der Waals surface area contributed by atoms with Crippen molar-refractivity contribution in [2.45, 2.75) is 69.1 Å². The molecular formula is C36H38ClFN6O3. The van der Waals surface area contributed by atoms with E-state index in [0.29, 0.717) is 52.5 Å². The Morgan fingerprint density at radius 3 is 2.79 bits per heavy atom. The van der Waals surface area contributed by atoms with Gasteiger partial charge in [0.25, 0.3) is 5.91 Å². The van der Waals surface area contributed by atoms with Gasteiger partial charge in [-0.3, -0.25) is 4.79 Å². The Hall–Kier alpha value is -3.94. The summed E-state index contributed by atoms with van der Waals surface area (Å²) in [6, 6.07) is 10.6. The summed E-state index contributed by atoms with van der Waals surface area (Å²) >= 11 is 7.25. The first-order valence-electron chi connectivity index (χ1n) is 16.7. The Labute approximate surface area is 278 Å². The Balaban J connectivity index is 1.26. The highest BCUT2D eigenvalue weighted by Gasteiger charge is 2.46. The molecule has 9 nitrogen and oxygen atoms in total. The van der Waals surface area contributed by atoms with E-state index in [1.807, 2.05) is 11.0 Å². The standard InChI is InChI=1S/C36H38ClFN6O3/c1-20(38)35(45)44-14-13-43(18-22(44)10-11-39)34-29-17-30(37)31(26-7-3-6-25-27-15-21(27)16-28(25)26)33(47-24-8-9-24)32(29)40-36(41-34)46-19-23-5-4-12-42(23)2/h3,6-7,17,21-24,27H,1,4-5,8-10,12-16,18-19H2,2H3/t21-,22+,23+,27-/m1/s1. The van der Waals surface area contributed by atoms with Crippen LogP contribution in [0.2, 0.25) is 5.02 Å². The number of hydrogen-bond acceptors (Lipinski definition) is 8. The summed E-state index contributed by atoms with van der Waals surface area (Å²) in [6.07, 6.45) is 6.51. The molecule has 0 bridgehead atoms. The lowest BCUT2D eigenvalue weighted by molar-refractivity contribution is -0.131. The first-order valence-corrected chi connectivity index (χ1v) is 17.1. The van der Waals surface area contributed by atoms with Crippen LogP contribution < -0.4 is 14.4 Å². The Bertz CT molecular complexity index is 1820. The van der Waals surface area contributed by atoms with Crippen LogP contribution >= 0.6 is 11.6 Å². The highest BCUT2D eigenvalue weighted by Crippen LogP contribution is 2.59. The van der Waals surface area contributed by atoms with Gasteiger partial charge < -0.3 is 24.2 Å². The Morgan fingerprint density at radius 2 is 2.04 bits per heavy atom. The number of halogens is 2. The Kier molecular flexibility index (Phi) is 7.72. The van der Waals surface area contributed by atoms with Crippen LogP contribution in [0.1, 0.15) is 55.6 Å². The number of carbonyl (C=O) groups is 1. The number of nitriles is 1. The van der Waals surface area contributed by atoms with E-state index < -0.39 is 17.8 Å². The van der Waals surface area contributed by atoms with Crippen LogP contribution in [0, 0.1) is 17.2 Å². The minimum Gasteiger partial charge on any atom is -0.487 e. The summed E-state index contributed by atoms with van der Waals surface area (Å²) in [7, 11) is 2.11. The van der Waals surface area contributed by atoms with Gasteiger partial charge >= 0.3 is 6.01 Å². The van der Waals surface area contributed by atoms with Gasteiger partial charge in [-0.1, -0.05) is 36.4 Å². The molecule has 3 aliphatic carbocycles. The SMILES string of the molecule is C=C(F)C(=O)N1CCN(c2nc(OC[C@@H]3CCCN3C)nc3c(OC4CC4)c(-c4cccc5c4C[C@H]4C[C@@H]54)c(Cl)cc23)C[C@@H]1CC#N. The predicted octanol–water partition coefficient (Wildman–Crippen LogP) is 6.04. The van der Waals surface area contributed by atoms with E-state index in [-0.39, 0.29) is 37.7 Å². The van der Waals surface area contributed by atoms with Crippen LogP contribution in [0.4, 0.5) is 10.2 Å². The van der Waals surface area contributed by atoms with Crippen molar-refractivity contribution in [3.05, 3.63) is 52.8 Å². The molecule has 2 aromatic carbocycles. The maximum Gasteiger partial charge on any atom is 0.319 e. The zero-order chi connectivity index (χ0) is 32.4.